The van der Waals surface area contributed by atoms with E-state index in [-0.39, 0.29) is 0 Å². The Morgan fingerprint density at radius 1 is 0.714 bits per heavy atom. The first-order valence-corrected chi connectivity index (χ1v) is 9.54. The summed E-state index contributed by atoms with van der Waals surface area (Å²) in [5.74, 6) is 0. The van der Waals surface area contributed by atoms with Gasteiger partial charge in [-0.3, -0.25) is 0 Å². The molecule has 0 aliphatic carbocycles. The fourth-order valence-electron chi connectivity index (χ4n) is 3.84. The van der Waals surface area contributed by atoms with Crippen LogP contribution >= 0.6 is 0 Å². The molecule has 0 spiro atoms. The molecule has 0 bridgehead atoms. The summed E-state index contributed by atoms with van der Waals surface area (Å²) in [6, 6.07) is 30.0. The van der Waals surface area contributed by atoms with Crippen LogP contribution in [0, 0.1) is 0 Å². The molecule has 28 heavy (non-hydrogen) atoms. The molecule has 4 heteroatoms. The molecule has 144 valence electrons. The number of aliphatic hydroxyl groups excluding tert-OH is 2. The zero-order chi connectivity index (χ0) is 19.4. The van der Waals surface area contributed by atoms with Gasteiger partial charge in [0.05, 0.1) is 12.7 Å². The van der Waals surface area contributed by atoms with Crippen LogP contribution in [0.1, 0.15) is 23.1 Å². The monoisotopic (exact) mass is 376 g/mol. The largest absolute Gasteiger partial charge is 0.385 e. The van der Waals surface area contributed by atoms with E-state index in [0.717, 1.165) is 16.7 Å². The van der Waals surface area contributed by atoms with E-state index in [1.807, 2.05) is 91.0 Å². The lowest BCUT2D eigenvalue weighted by Crippen LogP contribution is -2.50. The van der Waals surface area contributed by atoms with E-state index in [9.17, 15) is 10.2 Å². The smallest absolute Gasteiger partial charge is 0.183 e. The Balaban J connectivity index is 1.91. The second kappa shape index (κ2) is 8.25. The highest BCUT2D eigenvalue weighted by Crippen LogP contribution is 2.42. The first-order chi connectivity index (χ1) is 13.7. The van der Waals surface area contributed by atoms with E-state index in [1.165, 1.54) is 0 Å². The molecule has 0 radical (unpaired) electrons. The van der Waals surface area contributed by atoms with Crippen LogP contribution in [0.15, 0.2) is 91.0 Å². The maximum atomic E-state index is 10.5. The number of ether oxygens (including phenoxy) is 2. The van der Waals surface area contributed by atoms with Crippen molar-refractivity contribution in [2.24, 2.45) is 0 Å². The quantitative estimate of drug-likeness (QED) is 0.670. The molecular formula is C24H24O4. The number of benzene rings is 3. The van der Waals surface area contributed by atoms with Crippen LogP contribution in [0.25, 0.3) is 0 Å². The van der Waals surface area contributed by atoms with Crippen molar-refractivity contribution in [3.63, 3.8) is 0 Å². The van der Waals surface area contributed by atoms with Crippen molar-refractivity contribution in [3.05, 3.63) is 108 Å². The maximum Gasteiger partial charge on any atom is 0.183 e. The van der Waals surface area contributed by atoms with Gasteiger partial charge >= 0.3 is 0 Å². The number of aliphatic hydroxyl groups is 2. The van der Waals surface area contributed by atoms with E-state index in [4.69, 9.17) is 9.47 Å². The topological polar surface area (TPSA) is 58.9 Å². The van der Waals surface area contributed by atoms with Crippen LogP contribution in [0.5, 0.6) is 0 Å². The first kappa shape index (κ1) is 18.8. The Morgan fingerprint density at radius 2 is 1.14 bits per heavy atom. The van der Waals surface area contributed by atoms with Crippen LogP contribution in [-0.2, 0) is 15.1 Å². The Bertz CT molecular complexity index is 770. The van der Waals surface area contributed by atoms with Gasteiger partial charge in [-0.25, -0.2) is 0 Å². The molecule has 0 unspecified atom stereocenters. The van der Waals surface area contributed by atoms with Gasteiger partial charge in [-0.15, -0.1) is 0 Å². The molecule has 1 heterocycles. The number of hydrogen-bond donors (Lipinski definition) is 2. The van der Waals surface area contributed by atoms with Crippen molar-refractivity contribution in [2.75, 3.05) is 6.61 Å². The summed E-state index contributed by atoms with van der Waals surface area (Å²) in [5.41, 5.74) is 1.95. The van der Waals surface area contributed by atoms with Crippen molar-refractivity contribution in [1.82, 2.24) is 0 Å². The van der Waals surface area contributed by atoms with E-state index in [2.05, 4.69) is 0 Å². The average Bonchev–Trinajstić information content (AvgIpc) is 2.77. The van der Waals surface area contributed by atoms with Gasteiger partial charge in [-0.1, -0.05) is 91.0 Å². The summed E-state index contributed by atoms with van der Waals surface area (Å²) in [7, 11) is 0. The van der Waals surface area contributed by atoms with E-state index in [1.54, 1.807) is 0 Å². The predicted octanol–water partition coefficient (Wildman–Crippen LogP) is 3.46. The molecule has 4 rings (SSSR count). The molecule has 1 aliphatic rings. The minimum Gasteiger partial charge on any atom is -0.385 e. The predicted molar refractivity (Wildman–Crippen MR) is 107 cm³/mol. The van der Waals surface area contributed by atoms with Gasteiger partial charge in [0.1, 0.15) is 11.7 Å². The maximum absolute atomic E-state index is 10.5. The summed E-state index contributed by atoms with van der Waals surface area (Å²) in [5, 5.41) is 20.5. The lowest BCUT2D eigenvalue weighted by molar-refractivity contribution is -0.243. The highest BCUT2D eigenvalue weighted by atomic mass is 16.6. The zero-order valence-corrected chi connectivity index (χ0v) is 15.5. The number of hydrogen-bond acceptors (Lipinski definition) is 4. The third-order valence-corrected chi connectivity index (χ3v) is 5.23. The highest BCUT2D eigenvalue weighted by Gasteiger charge is 2.43. The number of rotatable bonds is 5. The van der Waals surface area contributed by atoms with Crippen molar-refractivity contribution < 1.29 is 19.7 Å². The van der Waals surface area contributed by atoms with Gasteiger partial charge in [0.2, 0.25) is 0 Å². The zero-order valence-electron chi connectivity index (χ0n) is 15.5. The Labute approximate surface area is 165 Å². The molecule has 0 saturated carbocycles. The van der Waals surface area contributed by atoms with Crippen molar-refractivity contribution in [1.29, 1.82) is 0 Å². The minimum absolute atomic E-state index is 0.331. The second-order valence-electron chi connectivity index (χ2n) is 6.98. The van der Waals surface area contributed by atoms with Crippen LogP contribution in [-0.4, -0.2) is 35.3 Å². The van der Waals surface area contributed by atoms with Crippen LogP contribution in [0.2, 0.25) is 0 Å². The Kier molecular flexibility index (Phi) is 5.55. The molecule has 4 nitrogen and oxygen atoms in total. The molecular weight excluding hydrogens is 352 g/mol. The Hall–Kier alpha value is -2.50. The van der Waals surface area contributed by atoms with Gasteiger partial charge in [0.15, 0.2) is 6.29 Å². The third kappa shape index (κ3) is 3.48. The summed E-state index contributed by atoms with van der Waals surface area (Å²) in [4.78, 5) is 0. The summed E-state index contributed by atoms with van der Waals surface area (Å²) in [6.45, 7) is 0.331. The average molecular weight is 376 g/mol. The van der Waals surface area contributed by atoms with Crippen molar-refractivity contribution in [2.45, 2.75) is 30.5 Å². The fraction of sp³-hybridized carbons (Fsp3) is 0.250. The molecule has 1 fully saturated rings. The summed E-state index contributed by atoms with van der Waals surface area (Å²) < 4.78 is 11.9. The van der Waals surface area contributed by atoms with E-state index in [0.29, 0.717) is 13.0 Å². The van der Waals surface area contributed by atoms with Gasteiger partial charge in [0, 0.05) is 0 Å². The lowest BCUT2D eigenvalue weighted by atomic mass is 9.79. The molecule has 1 aliphatic heterocycles. The lowest BCUT2D eigenvalue weighted by Gasteiger charge is -2.42. The molecule has 3 aromatic carbocycles. The molecule has 0 amide bonds. The third-order valence-electron chi connectivity index (χ3n) is 5.23. The Morgan fingerprint density at radius 3 is 1.57 bits per heavy atom. The second-order valence-corrected chi connectivity index (χ2v) is 6.98. The first-order valence-electron chi connectivity index (χ1n) is 9.54. The van der Waals surface area contributed by atoms with Crippen molar-refractivity contribution >= 4 is 0 Å². The van der Waals surface area contributed by atoms with E-state index >= 15 is 0 Å². The molecule has 3 atom stereocenters. The normalized spacial score (nSPS) is 22.7. The van der Waals surface area contributed by atoms with Crippen LogP contribution in [0.4, 0.5) is 0 Å². The van der Waals surface area contributed by atoms with Gasteiger partial charge in [-0.2, -0.15) is 0 Å². The minimum atomic E-state index is -1.25. The molecule has 2 N–H and O–H groups in total. The van der Waals surface area contributed by atoms with Crippen LogP contribution in [0.3, 0.4) is 0 Å². The van der Waals surface area contributed by atoms with Gasteiger partial charge in [0.25, 0.3) is 0 Å². The molecule has 3 aromatic rings. The molecule has 0 aromatic heterocycles. The van der Waals surface area contributed by atoms with Crippen molar-refractivity contribution in [3.8, 4) is 0 Å². The standard InChI is InChI=1S/C24H24O4/c25-22-21(16-17-27-23(22)26)28-24(18-10-4-1-5-11-18,19-12-6-2-7-13-19)20-14-8-3-9-15-20/h1-15,21-23,25-26H,16-17H2/t21-,22-,23+/m0/s1. The van der Waals surface area contributed by atoms with Gasteiger partial charge in [-0.05, 0) is 23.1 Å². The fourth-order valence-corrected chi connectivity index (χ4v) is 3.84. The SMILES string of the molecule is O[C@@H]1[C@H](O)OCC[C@@H]1OC(c1ccccc1)(c1ccccc1)c1ccccc1. The van der Waals surface area contributed by atoms with E-state index < -0.39 is 24.1 Å². The highest BCUT2D eigenvalue weighted by molar-refractivity contribution is 5.47. The van der Waals surface area contributed by atoms with Gasteiger partial charge < -0.3 is 19.7 Å². The molecule has 1 saturated heterocycles. The summed E-state index contributed by atoms with van der Waals surface area (Å²) in [6.07, 6.45) is -2.46. The summed E-state index contributed by atoms with van der Waals surface area (Å²) >= 11 is 0. The van der Waals surface area contributed by atoms with Crippen LogP contribution < -0.4 is 0 Å².